The van der Waals surface area contributed by atoms with Crippen LogP contribution < -0.4 is 10.1 Å². The quantitative estimate of drug-likeness (QED) is 0.440. The summed E-state index contributed by atoms with van der Waals surface area (Å²) in [5.74, 6) is 1.31. The van der Waals surface area contributed by atoms with E-state index in [-0.39, 0.29) is 5.78 Å². The molecule has 0 radical (unpaired) electrons. The van der Waals surface area contributed by atoms with Crippen molar-refractivity contribution in [2.24, 2.45) is 11.8 Å². The maximum Gasteiger partial charge on any atom is 0.407 e. The first-order valence-electron chi connectivity index (χ1n) is 12.5. The van der Waals surface area contributed by atoms with Crippen molar-refractivity contribution in [1.82, 2.24) is 15.1 Å². The lowest BCUT2D eigenvalue weighted by Gasteiger charge is -2.21. The van der Waals surface area contributed by atoms with Crippen molar-refractivity contribution < 1.29 is 19.1 Å². The van der Waals surface area contributed by atoms with Gasteiger partial charge < -0.3 is 14.8 Å². The average Bonchev–Trinajstić information content (AvgIpc) is 3.18. The summed E-state index contributed by atoms with van der Waals surface area (Å²) in [5.41, 5.74) is -0.120. The Bertz CT molecular complexity index is 772. The van der Waals surface area contributed by atoms with Gasteiger partial charge in [0.2, 0.25) is 5.88 Å². The third kappa shape index (κ3) is 9.60. The number of rotatable bonds is 9. The summed E-state index contributed by atoms with van der Waals surface area (Å²) in [4.78, 5) is 24.9. The van der Waals surface area contributed by atoms with Gasteiger partial charge in [-0.25, -0.2) is 9.48 Å². The van der Waals surface area contributed by atoms with Gasteiger partial charge in [0.1, 0.15) is 0 Å². The number of Topliss-reactive ketones (excluding diaryl/α,β-unsaturated/α-hetero) is 1. The molecule has 0 saturated heterocycles. The van der Waals surface area contributed by atoms with Crippen LogP contribution in [0.5, 0.6) is 5.88 Å². The molecule has 0 bridgehead atoms. The topological polar surface area (TPSA) is 82.5 Å². The molecule has 1 amide bonds. The van der Waals surface area contributed by atoms with E-state index in [2.05, 4.69) is 24.3 Å². The Morgan fingerprint density at radius 3 is 2.33 bits per heavy atom. The molecule has 0 atom stereocenters. The van der Waals surface area contributed by atoms with E-state index in [0.717, 1.165) is 12.8 Å². The summed E-state index contributed by atoms with van der Waals surface area (Å²) in [5, 5.41) is 7.16. The normalized spacial score (nSPS) is 16.7. The van der Waals surface area contributed by atoms with Crippen molar-refractivity contribution in [3.8, 4) is 5.88 Å². The summed E-state index contributed by atoms with van der Waals surface area (Å²) in [6.07, 6.45) is 16.3. The van der Waals surface area contributed by atoms with Crippen LogP contribution in [-0.4, -0.2) is 40.9 Å². The van der Waals surface area contributed by atoms with Crippen molar-refractivity contribution in [3.63, 3.8) is 0 Å². The molecule has 1 heterocycles. The molecular formula is C26H43N3O4. The van der Waals surface area contributed by atoms with Gasteiger partial charge in [-0.05, 0) is 31.8 Å². The van der Waals surface area contributed by atoms with Crippen LogP contribution in [-0.2, 0) is 4.74 Å². The predicted octanol–water partition coefficient (Wildman–Crippen LogP) is 6.24. The monoisotopic (exact) mass is 461 g/mol. The standard InChI is InChI=1S/C26H43N3O4/c1-20(2)19-33-24-22(18-27-29(24)16-15-26(3,4)28-25(31)32-5)23(30)17-21-13-11-9-7-6-8-10-12-14-21/h15-16,18,20-21H,6-14,17,19H2,1-5H3,(H,28,31)/b16-15+. The number of amides is 1. The largest absolute Gasteiger partial charge is 0.477 e. The molecule has 0 spiro atoms. The summed E-state index contributed by atoms with van der Waals surface area (Å²) >= 11 is 0. The maximum absolute atomic E-state index is 13.3. The molecule has 1 fully saturated rings. The van der Waals surface area contributed by atoms with Crippen LogP contribution >= 0.6 is 0 Å². The number of ether oxygens (including phenoxy) is 2. The van der Waals surface area contributed by atoms with Crippen LogP contribution in [0.4, 0.5) is 4.79 Å². The van der Waals surface area contributed by atoms with E-state index in [4.69, 9.17) is 9.47 Å². The fraction of sp³-hybridized carbons (Fsp3) is 0.731. The van der Waals surface area contributed by atoms with E-state index < -0.39 is 11.6 Å². The Hall–Kier alpha value is -2.31. The SMILES string of the molecule is COC(=O)NC(C)(C)/C=C/n1ncc(C(=O)CC2CCCCCCCCC2)c1OCC(C)C. The summed E-state index contributed by atoms with van der Waals surface area (Å²) in [6.45, 7) is 8.34. The lowest BCUT2D eigenvalue weighted by atomic mass is 9.88. The summed E-state index contributed by atoms with van der Waals surface area (Å²) in [6, 6.07) is 0. The van der Waals surface area contributed by atoms with Crippen LogP contribution in [0, 0.1) is 11.8 Å². The highest BCUT2D eigenvalue weighted by atomic mass is 16.5. The number of hydrogen-bond donors (Lipinski definition) is 1. The fourth-order valence-corrected chi connectivity index (χ4v) is 4.12. The number of nitrogens with one attached hydrogen (secondary N) is 1. The van der Waals surface area contributed by atoms with Gasteiger partial charge in [0, 0.05) is 12.6 Å². The molecule has 2 rings (SSSR count). The molecule has 0 unspecified atom stereocenters. The molecule has 1 aromatic rings. The van der Waals surface area contributed by atoms with Gasteiger partial charge in [-0.15, -0.1) is 0 Å². The maximum atomic E-state index is 13.3. The lowest BCUT2D eigenvalue weighted by Crippen LogP contribution is -2.41. The Morgan fingerprint density at radius 1 is 1.15 bits per heavy atom. The van der Waals surface area contributed by atoms with Crippen LogP contribution in [0.25, 0.3) is 6.20 Å². The zero-order valence-electron chi connectivity index (χ0n) is 21.2. The molecular weight excluding hydrogens is 418 g/mol. The molecule has 1 saturated carbocycles. The number of carbonyl (C=O) groups excluding carboxylic acids is 2. The zero-order valence-corrected chi connectivity index (χ0v) is 21.2. The second-order valence-corrected chi connectivity index (χ2v) is 10.2. The summed E-state index contributed by atoms with van der Waals surface area (Å²) in [7, 11) is 1.33. The van der Waals surface area contributed by atoms with Gasteiger partial charge >= 0.3 is 6.09 Å². The van der Waals surface area contributed by atoms with E-state index in [0.29, 0.717) is 36.3 Å². The molecule has 1 aromatic heterocycles. The number of nitrogens with zero attached hydrogens (tertiary/aromatic N) is 2. The van der Waals surface area contributed by atoms with Crippen LogP contribution in [0.15, 0.2) is 12.3 Å². The van der Waals surface area contributed by atoms with E-state index in [1.54, 1.807) is 23.2 Å². The van der Waals surface area contributed by atoms with Crippen molar-refractivity contribution in [1.29, 1.82) is 0 Å². The van der Waals surface area contributed by atoms with Gasteiger partial charge in [0.05, 0.1) is 31.0 Å². The minimum atomic E-state index is -0.658. The van der Waals surface area contributed by atoms with Crippen LogP contribution in [0.1, 0.15) is 102 Å². The van der Waals surface area contributed by atoms with Gasteiger partial charge in [0.15, 0.2) is 5.78 Å². The Morgan fingerprint density at radius 2 is 1.76 bits per heavy atom. The first-order chi connectivity index (χ1) is 15.7. The number of alkyl carbamates (subject to hydrolysis) is 1. The Balaban J connectivity index is 2.17. The first kappa shape index (κ1) is 26.9. The molecule has 186 valence electrons. The predicted molar refractivity (Wildman–Crippen MR) is 132 cm³/mol. The Labute approximate surface area is 199 Å². The number of aromatic nitrogens is 2. The second kappa shape index (κ2) is 13.4. The van der Waals surface area contributed by atoms with Crippen LogP contribution in [0.3, 0.4) is 0 Å². The van der Waals surface area contributed by atoms with Gasteiger partial charge in [-0.1, -0.05) is 71.6 Å². The average molecular weight is 462 g/mol. The molecule has 0 aromatic carbocycles. The van der Waals surface area contributed by atoms with Crippen molar-refractivity contribution in [2.75, 3.05) is 13.7 Å². The van der Waals surface area contributed by atoms with Crippen molar-refractivity contribution >= 4 is 18.1 Å². The third-order valence-electron chi connectivity index (χ3n) is 6.04. The minimum absolute atomic E-state index is 0.0995. The van der Waals surface area contributed by atoms with Crippen molar-refractivity contribution in [2.45, 2.75) is 97.4 Å². The number of methoxy groups -OCH3 is 1. The van der Waals surface area contributed by atoms with Crippen molar-refractivity contribution in [3.05, 3.63) is 17.8 Å². The lowest BCUT2D eigenvalue weighted by molar-refractivity contribution is 0.0949. The Kier molecular flexibility index (Phi) is 10.9. The highest BCUT2D eigenvalue weighted by Crippen LogP contribution is 2.28. The molecule has 1 aliphatic rings. The fourth-order valence-electron chi connectivity index (χ4n) is 4.12. The highest BCUT2D eigenvalue weighted by molar-refractivity contribution is 5.98. The first-order valence-corrected chi connectivity index (χ1v) is 12.5. The van der Waals surface area contributed by atoms with E-state index in [1.807, 2.05) is 13.8 Å². The van der Waals surface area contributed by atoms with Gasteiger partial charge in [-0.3, -0.25) is 4.79 Å². The summed E-state index contributed by atoms with van der Waals surface area (Å²) < 4.78 is 12.3. The van der Waals surface area contributed by atoms with Gasteiger partial charge in [0.25, 0.3) is 0 Å². The van der Waals surface area contributed by atoms with Crippen LogP contribution in [0.2, 0.25) is 0 Å². The van der Waals surface area contributed by atoms with E-state index in [1.165, 1.54) is 52.1 Å². The minimum Gasteiger partial charge on any atom is -0.477 e. The number of carbonyl (C=O) groups is 2. The smallest absolute Gasteiger partial charge is 0.407 e. The highest BCUT2D eigenvalue weighted by Gasteiger charge is 2.23. The third-order valence-corrected chi connectivity index (χ3v) is 6.04. The zero-order chi connectivity index (χ0) is 24.3. The number of hydrogen-bond acceptors (Lipinski definition) is 5. The number of ketones is 1. The molecule has 33 heavy (non-hydrogen) atoms. The molecule has 0 aliphatic heterocycles. The molecule has 7 nitrogen and oxygen atoms in total. The molecule has 1 N–H and O–H groups in total. The second-order valence-electron chi connectivity index (χ2n) is 10.2. The van der Waals surface area contributed by atoms with E-state index >= 15 is 0 Å². The molecule has 1 aliphatic carbocycles. The molecule has 7 heteroatoms. The van der Waals surface area contributed by atoms with Gasteiger partial charge in [-0.2, -0.15) is 5.10 Å². The van der Waals surface area contributed by atoms with E-state index in [9.17, 15) is 9.59 Å².